The van der Waals surface area contributed by atoms with E-state index in [1.807, 2.05) is 42.3 Å². The van der Waals surface area contributed by atoms with Crippen molar-refractivity contribution in [2.75, 3.05) is 38.2 Å². The average Bonchev–Trinajstić information content (AvgIpc) is 3.16. The molecule has 3 heterocycles. The molecular weight excluding hydrogens is 494 g/mol. The molecular formula is C30H33N5O4. The van der Waals surface area contributed by atoms with Gasteiger partial charge in [0.05, 0.1) is 25.0 Å². The van der Waals surface area contributed by atoms with Crippen LogP contribution < -0.4 is 15.3 Å². The third kappa shape index (κ3) is 5.12. The molecule has 0 radical (unpaired) electrons. The van der Waals surface area contributed by atoms with Crippen LogP contribution in [0.15, 0.2) is 65.6 Å². The highest BCUT2D eigenvalue weighted by Gasteiger charge is 2.24. The summed E-state index contributed by atoms with van der Waals surface area (Å²) in [5, 5.41) is 10.7. The van der Waals surface area contributed by atoms with Crippen LogP contribution >= 0.6 is 0 Å². The fourth-order valence-electron chi connectivity index (χ4n) is 5.11. The first-order valence-electron chi connectivity index (χ1n) is 13.0. The van der Waals surface area contributed by atoms with Gasteiger partial charge in [-0.25, -0.2) is 9.78 Å². The zero-order valence-corrected chi connectivity index (χ0v) is 22.7. The number of hydrogen-bond acceptors (Lipinski definition) is 6. The molecule has 0 bridgehead atoms. The number of ether oxygens (including phenoxy) is 1. The predicted octanol–water partition coefficient (Wildman–Crippen LogP) is 3.68. The summed E-state index contributed by atoms with van der Waals surface area (Å²) in [5.41, 5.74) is 4.36. The number of rotatable bonds is 6. The van der Waals surface area contributed by atoms with Crippen LogP contribution in [0.5, 0.6) is 11.6 Å². The third-order valence-corrected chi connectivity index (χ3v) is 7.26. The number of nitrogens with zero attached hydrogens (tertiary/aromatic N) is 5. The minimum atomic E-state index is -0.351. The van der Waals surface area contributed by atoms with Crippen LogP contribution in [-0.4, -0.2) is 63.3 Å². The summed E-state index contributed by atoms with van der Waals surface area (Å²) in [4.78, 5) is 35.1. The number of benzene rings is 2. The quantitative estimate of drug-likeness (QED) is 0.411. The second-order valence-corrected chi connectivity index (χ2v) is 9.94. The topological polar surface area (TPSA) is 92.8 Å². The van der Waals surface area contributed by atoms with Crippen LogP contribution in [0.1, 0.15) is 32.7 Å². The monoisotopic (exact) mass is 527 g/mol. The van der Waals surface area contributed by atoms with Gasteiger partial charge in [0, 0.05) is 37.9 Å². The number of anilines is 1. The van der Waals surface area contributed by atoms with Crippen LogP contribution in [0, 0.1) is 20.8 Å². The highest BCUT2D eigenvalue weighted by Crippen LogP contribution is 2.23. The molecule has 1 saturated heterocycles. The van der Waals surface area contributed by atoms with Gasteiger partial charge in [-0.05, 0) is 73.9 Å². The Morgan fingerprint density at radius 1 is 0.974 bits per heavy atom. The van der Waals surface area contributed by atoms with E-state index < -0.39 is 0 Å². The number of pyridine rings is 1. The Kier molecular flexibility index (Phi) is 7.15. The number of carbonyl (C=O) groups excluding carboxylic acids is 1. The lowest BCUT2D eigenvalue weighted by Crippen LogP contribution is -2.49. The number of carbonyl (C=O) groups is 1. The minimum absolute atomic E-state index is 0.0428. The lowest BCUT2D eigenvalue weighted by Gasteiger charge is -2.36. The van der Waals surface area contributed by atoms with Crippen molar-refractivity contribution in [1.29, 1.82) is 0 Å². The van der Waals surface area contributed by atoms with Crippen molar-refractivity contribution in [3.8, 4) is 17.3 Å². The van der Waals surface area contributed by atoms with Crippen LogP contribution in [0.4, 0.5) is 5.82 Å². The summed E-state index contributed by atoms with van der Waals surface area (Å²) < 4.78 is 7.98. The van der Waals surface area contributed by atoms with Gasteiger partial charge in [-0.3, -0.25) is 13.9 Å². The van der Waals surface area contributed by atoms with Crippen molar-refractivity contribution in [3.05, 3.63) is 99.2 Å². The van der Waals surface area contributed by atoms with E-state index in [0.29, 0.717) is 30.0 Å². The summed E-state index contributed by atoms with van der Waals surface area (Å²) >= 11 is 0. The van der Waals surface area contributed by atoms with E-state index in [9.17, 15) is 14.7 Å². The summed E-state index contributed by atoms with van der Waals surface area (Å²) in [7, 11) is 1.60. The molecule has 4 aromatic rings. The number of aryl methyl sites for hydroxylation is 2. The minimum Gasteiger partial charge on any atom is -0.497 e. The van der Waals surface area contributed by atoms with Crippen molar-refractivity contribution in [1.82, 2.24) is 19.0 Å². The Labute approximate surface area is 227 Å². The Hall–Kier alpha value is -4.53. The van der Waals surface area contributed by atoms with Gasteiger partial charge in [0.15, 0.2) is 0 Å². The van der Waals surface area contributed by atoms with Crippen molar-refractivity contribution in [2.45, 2.75) is 27.3 Å². The molecule has 1 aliphatic rings. The summed E-state index contributed by atoms with van der Waals surface area (Å²) in [6.07, 6.45) is 1.88. The number of methoxy groups -OCH3 is 1. The Bertz CT molecular complexity index is 1550. The molecule has 1 N–H and O–H groups in total. The molecule has 0 spiro atoms. The summed E-state index contributed by atoms with van der Waals surface area (Å²) in [5.74, 6) is 1.56. The van der Waals surface area contributed by atoms with Gasteiger partial charge in [0.1, 0.15) is 11.6 Å². The van der Waals surface area contributed by atoms with E-state index in [4.69, 9.17) is 4.74 Å². The van der Waals surface area contributed by atoms with Gasteiger partial charge in [-0.1, -0.05) is 18.2 Å². The fourth-order valence-corrected chi connectivity index (χ4v) is 5.11. The van der Waals surface area contributed by atoms with E-state index in [-0.39, 0.29) is 24.0 Å². The molecule has 202 valence electrons. The fraction of sp³-hybridized carbons (Fsp3) is 0.300. The average molecular weight is 528 g/mol. The molecule has 0 atom stereocenters. The van der Waals surface area contributed by atoms with Gasteiger partial charge in [-0.2, -0.15) is 0 Å². The molecule has 9 nitrogen and oxygen atoms in total. The summed E-state index contributed by atoms with van der Waals surface area (Å²) in [6.45, 7) is 8.67. The molecule has 1 fully saturated rings. The first kappa shape index (κ1) is 26.1. The molecule has 2 aromatic heterocycles. The van der Waals surface area contributed by atoms with E-state index in [1.54, 1.807) is 38.3 Å². The second kappa shape index (κ2) is 10.7. The normalized spacial score (nSPS) is 13.5. The largest absolute Gasteiger partial charge is 0.497 e. The molecule has 0 unspecified atom stereocenters. The Morgan fingerprint density at radius 3 is 2.26 bits per heavy atom. The van der Waals surface area contributed by atoms with Gasteiger partial charge in [0.25, 0.3) is 5.91 Å². The third-order valence-electron chi connectivity index (χ3n) is 7.26. The van der Waals surface area contributed by atoms with Gasteiger partial charge < -0.3 is 19.6 Å². The van der Waals surface area contributed by atoms with Gasteiger partial charge in [0.2, 0.25) is 5.88 Å². The van der Waals surface area contributed by atoms with Crippen molar-refractivity contribution < 1.29 is 14.6 Å². The number of piperazine rings is 1. The van der Waals surface area contributed by atoms with E-state index in [0.717, 1.165) is 41.3 Å². The number of aromatic nitrogens is 3. The van der Waals surface area contributed by atoms with Gasteiger partial charge in [-0.15, -0.1) is 0 Å². The highest BCUT2D eigenvalue weighted by atomic mass is 16.5. The number of imidazole rings is 1. The lowest BCUT2D eigenvalue weighted by molar-refractivity contribution is 0.0746. The molecule has 1 aliphatic heterocycles. The van der Waals surface area contributed by atoms with E-state index >= 15 is 0 Å². The molecule has 5 rings (SSSR count). The number of hydrogen-bond donors (Lipinski definition) is 1. The van der Waals surface area contributed by atoms with E-state index in [1.165, 1.54) is 9.13 Å². The lowest BCUT2D eigenvalue weighted by atomic mass is 10.1. The van der Waals surface area contributed by atoms with Crippen LogP contribution in [0.25, 0.3) is 5.69 Å². The van der Waals surface area contributed by atoms with Crippen LogP contribution in [0.3, 0.4) is 0 Å². The first-order chi connectivity index (χ1) is 18.8. The molecule has 2 aromatic carbocycles. The molecule has 9 heteroatoms. The van der Waals surface area contributed by atoms with Crippen molar-refractivity contribution >= 4 is 11.7 Å². The van der Waals surface area contributed by atoms with Crippen molar-refractivity contribution in [2.24, 2.45) is 0 Å². The molecule has 0 saturated carbocycles. The van der Waals surface area contributed by atoms with Crippen LogP contribution in [-0.2, 0) is 6.54 Å². The molecule has 0 aliphatic carbocycles. The number of aromatic hydroxyl groups is 1. The zero-order chi connectivity index (χ0) is 27.7. The highest BCUT2D eigenvalue weighted by molar-refractivity contribution is 5.94. The first-order valence-corrected chi connectivity index (χ1v) is 13.0. The number of amides is 1. The predicted molar refractivity (Wildman–Crippen MR) is 150 cm³/mol. The second-order valence-electron chi connectivity index (χ2n) is 9.94. The summed E-state index contributed by atoms with van der Waals surface area (Å²) in [6, 6.07) is 16.4. The zero-order valence-electron chi connectivity index (χ0n) is 22.7. The molecule has 1 amide bonds. The smallest absolute Gasteiger partial charge is 0.336 e. The Morgan fingerprint density at radius 2 is 1.64 bits per heavy atom. The maximum atomic E-state index is 13.3. The maximum absolute atomic E-state index is 13.3. The standard InChI is InChI=1S/C30H33N5O4/c1-20-17-21(2)27(31-18-20)32-13-15-33(16-14-32)29(37)24-7-9-25(10-8-24)35-22(3)28(36)34(30(35)38)19-23-5-11-26(39-4)12-6-23/h5-12,17-18,36H,13-16,19H2,1-4H3. The van der Waals surface area contributed by atoms with Crippen molar-refractivity contribution in [3.63, 3.8) is 0 Å². The van der Waals surface area contributed by atoms with Gasteiger partial charge >= 0.3 is 5.69 Å². The Balaban J connectivity index is 1.29. The van der Waals surface area contributed by atoms with Crippen LogP contribution in [0.2, 0.25) is 0 Å². The SMILES string of the molecule is COc1ccc(Cn2c(O)c(C)n(-c3ccc(C(=O)N4CCN(c5ncc(C)cc5C)CC4)cc3)c2=O)cc1. The maximum Gasteiger partial charge on any atom is 0.336 e. The van der Waals surface area contributed by atoms with E-state index in [2.05, 4.69) is 22.9 Å². The molecule has 39 heavy (non-hydrogen) atoms.